The van der Waals surface area contributed by atoms with Crippen LogP contribution in [-0.4, -0.2) is 71.9 Å². The number of carbonyl (C=O) groups is 1. The standard InChI is InChI=1S/C27H34N4O/c1-29(26(32)24-21-28-25-12-6-5-11-23(24)25)19-20-30-17-13-27(14-18-30,31-15-7-8-16-31)22-9-3-2-4-10-22/h2-6,9-12,21,28H,7-8,13-20H2,1H3. The number of hydrogen-bond donors (Lipinski definition) is 1. The first-order valence-electron chi connectivity index (χ1n) is 12.0. The summed E-state index contributed by atoms with van der Waals surface area (Å²) in [5.74, 6) is 0.0927. The summed E-state index contributed by atoms with van der Waals surface area (Å²) in [4.78, 5) is 23.4. The molecule has 1 amide bonds. The van der Waals surface area contributed by atoms with Crippen LogP contribution < -0.4 is 0 Å². The lowest BCUT2D eigenvalue weighted by molar-refractivity contribution is 0.0313. The van der Waals surface area contributed by atoms with Crippen molar-refractivity contribution in [3.05, 3.63) is 71.9 Å². The highest BCUT2D eigenvalue weighted by molar-refractivity contribution is 6.06. The van der Waals surface area contributed by atoms with Crippen molar-refractivity contribution in [2.75, 3.05) is 46.3 Å². The number of carbonyl (C=O) groups excluding carboxylic acids is 1. The average Bonchev–Trinajstić information content (AvgIpc) is 3.54. The van der Waals surface area contributed by atoms with E-state index in [1.807, 2.05) is 42.4 Å². The molecule has 5 rings (SSSR count). The molecule has 0 unspecified atom stereocenters. The Kier molecular flexibility index (Phi) is 6.03. The molecule has 0 aliphatic carbocycles. The van der Waals surface area contributed by atoms with Gasteiger partial charge in [0.2, 0.25) is 0 Å². The van der Waals surface area contributed by atoms with E-state index in [4.69, 9.17) is 0 Å². The number of H-pyrrole nitrogens is 1. The van der Waals surface area contributed by atoms with Crippen molar-refractivity contribution in [1.82, 2.24) is 19.7 Å². The van der Waals surface area contributed by atoms with Gasteiger partial charge in [0.1, 0.15) is 0 Å². The van der Waals surface area contributed by atoms with Crippen LogP contribution in [0.4, 0.5) is 0 Å². The van der Waals surface area contributed by atoms with E-state index in [1.165, 1.54) is 31.5 Å². The number of piperidine rings is 1. The molecule has 2 fully saturated rings. The van der Waals surface area contributed by atoms with Gasteiger partial charge in [-0.1, -0.05) is 48.5 Å². The third-order valence-electron chi connectivity index (χ3n) is 7.62. The van der Waals surface area contributed by atoms with Crippen LogP contribution in [0.2, 0.25) is 0 Å². The van der Waals surface area contributed by atoms with E-state index in [9.17, 15) is 4.79 Å². The van der Waals surface area contributed by atoms with Crippen molar-refractivity contribution < 1.29 is 4.79 Å². The van der Waals surface area contributed by atoms with Crippen LogP contribution >= 0.6 is 0 Å². The number of rotatable bonds is 6. The minimum Gasteiger partial charge on any atom is -0.360 e. The molecule has 2 aromatic carbocycles. The number of amides is 1. The average molecular weight is 431 g/mol. The summed E-state index contributed by atoms with van der Waals surface area (Å²) < 4.78 is 0. The summed E-state index contributed by atoms with van der Waals surface area (Å²) in [5.41, 5.74) is 3.44. The number of para-hydroxylation sites is 1. The first-order chi connectivity index (χ1) is 15.7. The third kappa shape index (κ3) is 3.96. The molecule has 168 valence electrons. The first kappa shape index (κ1) is 21.2. The summed E-state index contributed by atoms with van der Waals surface area (Å²) in [5, 5.41) is 1.00. The van der Waals surface area contributed by atoms with E-state index < -0.39 is 0 Å². The van der Waals surface area contributed by atoms with E-state index >= 15 is 0 Å². The highest BCUT2D eigenvalue weighted by Crippen LogP contribution is 2.40. The van der Waals surface area contributed by atoms with E-state index in [-0.39, 0.29) is 11.4 Å². The van der Waals surface area contributed by atoms with Gasteiger partial charge in [-0.25, -0.2) is 0 Å². The lowest BCUT2D eigenvalue weighted by Gasteiger charge is -2.48. The van der Waals surface area contributed by atoms with Gasteiger partial charge in [0.05, 0.1) is 5.56 Å². The van der Waals surface area contributed by atoms with Gasteiger partial charge in [-0.2, -0.15) is 0 Å². The molecule has 0 bridgehead atoms. The van der Waals surface area contributed by atoms with Gasteiger partial charge < -0.3 is 14.8 Å². The molecular formula is C27H34N4O. The Labute approximate surface area is 191 Å². The zero-order valence-corrected chi connectivity index (χ0v) is 19.1. The van der Waals surface area contributed by atoms with Gasteiger partial charge in [0, 0.05) is 55.9 Å². The Balaban J connectivity index is 1.21. The van der Waals surface area contributed by atoms with Gasteiger partial charge >= 0.3 is 0 Å². The number of likely N-dealkylation sites (tertiary alicyclic amines) is 2. The molecule has 32 heavy (non-hydrogen) atoms. The second-order valence-electron chi connectivity index (χ2n) is 9.41. The van der Waals surface area contributed by atoms with Gasteiger partial charge in [0.15, 0.2) is 0 Å². The summed E-state index contributed by atoms with van der Waals surface area (Å²) in [6.45, 7) is 6.28. The van der Waals surface area contributed by atoms with Crippen molar-refractivity contribution in [1.29, 1.82) is 0 Å². The Morgan fingerprint density at radius 1 is 0.969 bits per heavy atom. The monoisotopic (exact) mass is 430 g/mol. The predicted octanol–water partition coefficient (Wildman–Crippen LogP) is 4.33. The van der Waals surface area contributed by atoms with Crippen molar-refractivity contribution in [2.24, 2.45) is 0 Å². The second-order valence-corrected chi connectivity index (χ2v) is 9.41. The molecule has 0 radical (unpaired) electrons. The zero-order valence-electron chi connectivity index (χ0n) is 19.1. The molecule has 1 aromatic heterocycles. The molecule has 0 saturated carbocycles. The molecule has 3 heterocycles. The Bertz CT molecular complexity index is 1050. The van der Waals surface area contributed by atoms with Crippen LogP contribution in [0, 0.1) is 0 Å². The van der Waals surface area contributed by atoms with Gasteiger partial charge in [-0.15, -0.1) is 0 Å². The topological polar surface area (TPSA) is 42.6 Å². The van der Waals surface area contributed by atoms with E-state index in [1.54, 1.807) is 0 Å². The van der Waals surface area contributed by atoms with Crippen molar-refractivity contribution in [3.63, 3.8) is 0 Å². The van der Waals surface area contributed by atoms with Gasteiger partial charge in [0.25, 0.3) is 5.91 Å². The summed E-state index contributed by atoms with van der Waals surface area (Å²) in [7, 11) is 1.92. The Morgan fingerprint density at radius 3 is 2.41 bits per heavy atom. The quantitative estimate of drug-likeness (QED) is 0.633. The van der Waals surface area contributed by atoms with E-state index in [0.717, 1.165) is 55.5 Å². The summed E-state index contributed by atoms with van der Waals surface area (Å²) >= 11 is 0. The predicted molar refractivity (Wildman–Crippen MR) is 130 cm³/mol. The number of hydrogen-bond acceptors (Lipinski definition) is 3. The maximum atomic E-state index is 13.0. The van der Waals surface area contributed by atoms with Crippen LogP contribution in [0.15, 0.2) is 60.8 Å². The lowest BCUT2D eigenvalue weighted by atomic mass is 9.79. The molecule has 0 spiro atoms. The van der Waals surface area contributed by atoms with Crippen LogP contribution in [0.5, 0.6) is 0 Å². The van der Waals surface area contributed by atoms with E-state index in [0.29, 0.717) is 0 Å². The number of aromatic amines is 1. The normalized spacial score (nSPS) is 19.4. The SMILES string of the molecule is CN(CCN1CCC(c2ccccc2)(N2CCCC2)CC1)C(=O)c1c[nH]c2ccccc12. The summed E-state index contributed by atoms with van der Waals surface area (Å²) in [6.07, 6.45) is 6.81. The second kappa shape index (κ2) is 9.08. The molecule has 2 aliphatic rings. The molecular weight excluding hydrogens is 396 g/mol. The molecule has 1 N–H and O–H groups in total. The fourth-order valence-corrected chi connectivity index (χ4v) is 5.67. The smallest absolute Gasteiger partial charge is 0.255 e. The van der Waals surface area contributed by atoms with E-state index in [2.05, 4.69) is 45.1 Å². The third-order valence-corrected chi connectivity index (χ3v) is 7.62. The fourth-order valence-electron chi connectivity index (χ4n) is 5.67. The van der Waals surface area contributed by atoms with Crippen LogP contribution in [-0.2, 0) is 5.54 Å². The molecule has 2 saturated heterocycles. The maximum Gasteiger partial charge on any atom is 0.255 e. The summed E-state index contributed by atoms with van der Waals surface area (Å²) in [6, 6.07) is 19.1. The van der Waals surface area contributed by atoms with Crippen molar-refractivity contribution in [3.8, 4) is 0 Å². The molecule has 3 aromatic rings. The van der Waals surface area contributed by atoms with Crippen molar-refractivity contribution >= 4 is 16.8 Å². The van der Waals surface area contributed by atoms with Gasteiger partial charge in [-0.05, 0) is 50.4 Å². The number of nitrogens with zero attached hydrogens (tertiary/aromatic N) is 3. The molecule has 0 atom stereocenters. The highest BCUT2D eigenvalue weighted by atomic mass is 16.2. The van der Waals surface area contributed by atoms with Crippen LogP contribution in [0.1, 0.15) is 41.6 Å². The van der Waals surface area contributed by atoms with Crippen LogP contribution in [0.25, 0.3) is 10.9 Å². The molecule has 2 aliphatic heterocycles. The lowest BCUT2D eigenvalue weighted by Crippen LogP contribution is -2.53. The number of nitrogens with one attached hydrogen (secondary N) is 1. The number of likely N-dealkylation sites (N-methyl/N-ethyl adjacent to an activating group) is 1. The minimum absolute atomic E-state index is 0.0927. The first-order valence-corrected chi connectivity index (χ1v) is 12.0. The number of fused-ring (bicyclic) bond motifs is 1. The largest absolute Gasteiger partial charge is 0.360 e. The fraction of sp³-hybridized carbons (Fsp3) is 0.444. The molecule has 5 heteroatoms. The zero-order chi connectivity index (χ0) is 22.0. The Morgan fingerprint density at radius 2 is 1.66 bits per heavy atom. The van der Waals surface area contributed by atoms with Gasteiger partial charge in [-0.3, -0.25) is 9.69 Å². The maximum absolute atomic E-state index is 13.0. The minimum atomic E-state index is 0.0927. The van der Waals surface area contributed by atoms with Crippen LogP contribution in [0.3, 0.4) is 0 Å². The highest BCUT2D eigenvalue weighted by Gasteiger charge is 2.42. The van der Waals surface area contributed by atoms with Crippen molar-refractivity contribution in [2.45, 2.75) is 31.2 Å². The number of aromatic nitrogens is 1. The Hall–Kier alpha value is -2.63. The molecule has 5 nitrogen and oxygen atoms in total. The number of benzene rings is 2.